The first-order chi connectivity index (χ1) is 11.5. The first-order valence-electron chi connectivity index (χ1n) is 8.50. The van der Waals surface area contributed by atoms with E-state index in [1.807, 2.05) is 0 Å². The Balaban J connectivity index is 2.07. The lowest BCUT2D eigenvalue weighted by Gasteiger charge is -2.20. The minimum absolute atomic E-state index is 0.251. The molecule has 1 atom stereocenters. The maximum Gasteiger partial charge on any atom is 0.0340 e. The van der Waals surface area contributed by atoms with Crippen LogP contribution in [-0.2, 0) is 0 Å². The summed E-state index contributed by atoms with van der Waals surface area (Å²) in [6.45, 7) is 6.60. The van der Waals surface area contributed by atoms with Crippen molar-refractivity contribution in [2.75, 3.05) is 0 Å². The van der Waals surface area contributed by atoms with Gasteiger partial charge in [0, 0.05) is 10.8 Å². The van der Waals surface area contributed by atoms with E-state index in [-0.39, 0.29) is 5.92 Å². The van der Waals surface area contributed by atoms with Crippen molar-refractivity contribution >= 4 is 12.6 Å². The Labute approximate surface area is 151 Å². The van der Waals surface area contributed by atoms with E-state index in [4.69, 9.17) is 0 Å². The lowest BCUT2D eigenvalue weighted by Crippen LogP contribution is -2.04. The van der Waals surface area contributed by atoms with Crippen molar-refractivity contribution in [2.45, 2.75) is 37.5 Å². The average Bonchev–Trinajstić information content (AvgIpc) is 2.59. The topological polar surface area (TPSA) is 0 Å². The third-order valence-corrected chi connectivity index (χ3v) is 4.87. The molecule has 1 unspecified atom stereocenters. The normalized spacial score (nSPS) is 12.4. The van der Waals surface area contributed by atoms with E-state index in [1.54, 1.807) is 0 Å². The number of hydrogen-bond donors (Lipinski definition) is 1. The Bertz CT molecular complexity index is 735. The van der Waals surface area contributed by atoms with Gasteiger partial charge in [0.1, 0.15) is 0 Å². The summed E-state index contributed by atoms with van der Waals surface area (Å²) in [5.74, 6) is 0.807. The van der Waals surface area contributed by atoms with Crippen LogP contribution in [0, 0.1) is 6.92 Å². The second-order valence-electron chi connectivity index (χ2n) is 6.76. The van der Waals surface area contributed by atoms with Crippen molar-refractivity contribution < 1.29 is 0 Å². The molecule has 0 amide bonds. The van der Waals surface area contributed by atoms with Gasteiger partial charge >= 0.3 is 0 Å². The maximum atomic E-state index is 4.42. The summed E-state index contributed by atoms with van der Waals surface area (Å²) >= 11 is 4.42. The number of hydrogen-bond acceptors (Lipinski definition) is 1. The van der Waals surface area contributed by atoms with E-state index in [1.165, 1.54) is 27.8 Å². The van der Waals surface area contributed by atoms with Crippen molar-refractivity contribution in [3.8, 4) is 0 Å². The van der Waals surface area contributed by atoms with E-state index in [2.05, 4.69) is 106 Å². The zero-order valence-corrected chi connectivity index (χ0v) is 15.4. The van der Waals surface area contributed by atoms with Crippen LogP contribution < -0.4 is 0 Å². The third kappa shape index (κ3) is 3.73. The second-order valence-corrected chi connectivity index (χ2v) is 7.27. The van der Waals surface area contributed by atoms with Gasteiger partial charge in [-0.15, -0.1) is 12.6 Å². The molecule has 3 rings (SSSR count). The second kappa shape index (κ2) is 7.27. The molecule has 1 heteroatoms. The van der Waals surface area contributed by atoms with Crippen LogP contribution in [0.25, 0.3) is 0 Å². The van der Waals surface area contributed by atoms with Gasteiger partial charge in [-0.05, 0) is 47.2 Å². The van der Waals surface area contributed by atoms with E-state index < -0.39 is 0 Å². The Kier molecular flexibility index (Phi) is 5.11. The van der Waals surface area contributed by atoms with Crippen LogP contribution in [0.4, 0.5) is 0 Å². The molecule has 0 aliphatic rings. The molecule has 122 valence electrons. The molecular formula is C23H24S. The minimum Gasteiger partial charge on any atom is -0.143 e. The molecule has 0 aliphatic carbocycles. The van der Waals surface area contributed by atoms with Gasteiger partial charge < -0.3 is 0 Å². The van der Waals surface area contributed by atoms with Gasteiger partial charge in [-0.2, -0.15) is 0 Å². The molecule has 0 spiro atoms. The molecule has 0 N–H and O–H groups in total. The van der Waals surface area contributed by atoms with Crippen LogP contribution in [0.15, 0.2) is 77.7 Å². The van der Waals surface area contributed by atoms with Gasteiger partial charge in [-0.3, -0.25) is 0 Å². The minimum atomic E-state index is 0.251. The van der Waals surface area contributed by atoms with E-state index in [0.717, 1.165) is 4.90 Å². The van der Waals surface area contributed by atoms with Gasteiger partial charge in [0.05, 0.1) is 0 Å². The quantitative estimate of drug-likeness (QED) is 0.404. The van der Waals surface area contributed by atoms with Gasteiger partial charge in [0.2, 0.25) is 0 Å². The van der Waals surface area contributed by atoms with Crippen LogP contribution in [0.3, 0.4) is 0 Å². The molecular weight excluding hydrogens is 308 g/mol. The summed E-state index contributed by atoms with van der Waals surface area (Å²) in [6.07, 6.45) is 0. The molecule has 0 bridgehead atoms. The summed E-state index contributed by atoms with van der Waals surface area (Å²) in [4.78, 5) is 0.997. The van der Waals surface area contributed by atoms with Crippen LogP contribution in [0.1, 0.15) is 53.5 Å². The molecule has 0 saturated carbocycles. The summed E-state index contributed by atoms with van der Waals surface area (Å²) in [5.41, 5.74) is 6.62. The van der Waals surface area contributed by atoms with Crippen LogP contribution in [-0.4, -0.2) is 0 Å². The first-order valence-corrected chi connectivity index (χ1v) is 8.94. The molecule has 0 fully saturated rings. The Morgan fingerprint density at radius 1 is 0.583 bits per heavy atom. The zero-order valence-electron chi connectivity index (χ0n) is 14.5. The molecule has 0 nitrogen and oxygen atoms in total. The third-order valence-electron chi connectivity index (χ3n) is 4.57. The summed E-state index contributed by atoms with van der Waals surface area (Å²) < 4.78 is 0. The lowest BCUT2D eigenvalue weighted by molar-refractivity contribution is 0.862. The van der Waals surface area contributed by atoms with E-state index in [9.17, 15) is 0 Å². The van der Waals surface area contributed by atoms with Gasteiger partial charge in [-0.1, -0.05) is 80.1 Å². The van der Waals surface area contributed by atoms with Crippen LogP contribution in [0.5, 0.6) is 0 Å². The molecule has 3 aromatic carbocycles. The summed E-state index contributed by atoms with van der Waals surface area (Å²) in [7, 11) is 0. The van der Waals surface area contributed by atoms with Crippen LogP contribution in [0.2, 0.25) is 0 Å². The molecule has 0 radical (unpaired) electrons. The van der Waals surface area contributed by atoms with Crippen molar-refractivity contribution in [3.05, 3.63) is 101 Å². The maximum absolute atomic E-state index is 4.42. The number of thiol groups is 1. The predicted molar refractivity (Wildman–Crippen MR) is 106 cm³/mol. The SMILES string of the molecule is Cc1ccc(C(c2ccc(S)cc2)c2ccc(C(C)C)cc2)cc1. The van der Waals surface area contributed by atoms with Gasteiger partial charge in [0.25, 0.3) is 0 Å². The van der Waals surface area contributed by atoms with Crippen molar-refractivity contribution in [1.29, 1.82) is 0 Å². The predicted octanol–water partition coefficient (Wildman–Crippen LogP) is 6.59. The van der Waals surface area contributed by atoms with Crippen molar-refractivity contribution in [3.63, 3.8) is 0 Å². The fourth-order valence-electron chi connectivity index (χ4n) is 3.08. The van der Waals surface area contributed by atoms with Gasteiger partial charge in [-0.25, -0.2) is 0 Å². The number of benzene rings is 3. The van der Waals surface area contributed by atoms with E-state index >= 15 is 0 Å². The average molecular weight is 333 g/mol. The molecule has 0 aromatic heterocycles. The monoisotopic (exact) mass is 332 g/mol. The Morgan fingerprint density at radius 2 is 0.958 bits per heavy atom. The molecule has 3 aromatic rings. The lowest BCUT2D eigenvalue weighted by atomic mass is 9.84. The van der Waals surface area contributed by atoms with Crippen molar-refractivity contribution in [1.82, 2.24) is 0 Å². The fraction of sp³-hybridized carbons (Fsp3) is 0.217. The number of rotatable bonds is 4. The largest absolute Gasteiger partial charge is 0.143 e. The fourth-order valence-corrected chi connectivity index (χ4v) is 3.23. The highest BCUT2D eigenvalue weighted by Crippen LogP contribution is 2.33. The highest BCUT2D eigenvalue weighted by atomic mass is 32.1. The van der Waals surface area contributed by atoms with E-state index in [0.29, 0.717) is 5.92 Å². The Hall–Kier alpha value is -1.99. The summed E-state index contributed by atoms with van der Waals surface area (Å²) in [5, 5.41) is 0. The molecule has 0 saturated heterocycles. The molecule has 0 heterocycles. The Morgan fingerprint density at radius 3 is 1.42 bits per heavy atom. The highest BCUT2D eigenvalue weighted by Gasteiger charge is 2.17. The first kappa shape index (κ1) is 16.9. The molecule has 24 heavy (non-hydrogen) atoms. The highest BCUT2D eigenvalue weighted by molar-refractivity contribution is 7.80. The van der Waals surface area contributed by atoms with Crippen molar-refractivity contribution in [2.24, 2.45) is 0 Å². The zero-order chi connectivity index (χ0) is 17.1. The summed E-state index contributed by atoms with van der Waals surface area (Å²) in [6, 6.07) is 26.4. The molecule has 0 aliphatic heterocycles. The number of aryl methyl sites for hydroxylation is 1. The standard InChI is InChI=1S/C23H24S/c1-16(2)18-8-10-20(11-9-18)23(19-6-4-17(3)5-7-19)21-12-14-22(24)15-13-21/h4-16,23-24H,1-3H3. The van der Waals surface area contributed by atoms with Crippen LogP contribution >= 0.6 is 12.6 Å². The smallest absolute Gasteiger partial charge is 0.0340 e. The van der Waals surface area contributed by atoms with Gasteiger partial charge in [0.15, 0.2) is 0 Å².